The van der Waals surface area contributed by atoms with Crippen molar-refractivity contribution in [3.05, 3.63) is 28.7 Å². The van der Waals surface area contributed by atoms with E-state index in [1.807, 2.05) is 38.1 Å². The minimum atomic E-state index is -0.499. The molecule has 0 saturated heterocycles. The first-order chi connectivity index (χ1) is 7.50. The SMILES string of the molecule is CC(C)NC(=O)C(C)Oc1ccccc1Br. The van der Waals surface area contributed by atoms with E-state index >= 15 is 0 Å². The van der Waals surface area contributed by atoms with Crippen LogP contribution < -0.4 is 10.1 Å². The van der Waals surface area contributed by atoms with Crippen molar-refractivity contribution in [3.8, 4) is 5.75 Å². The van der Waals surface area contributed by atoms with Gasteiger partial charge in [0.1, 0.15) is 5.75 Å². The Balaban J connectivity index is 2.61. The van der Waals surface area contributed by atoms with Gasteiger partial charge in [0.25, 0.3) is 5.91 Å². The Labute approximate surface area is 104 Å². The fraction of sp³-hybridized carbons (Fsp3) is 0.417. The molecule has 0 saturated carbocycles. The largest absolute Gasteiger partial charge is 0.480 e. The number of nitrogens with one attached hydrogen (secondary N) is 1. The molecule has 0 aliphatic carbocycles. The van der Waals surface area contributed by atoms with E-state index in [0.29, 0.717) is 5.75 Å². The highest BCUT2D eigenvalue weighted by Gasteiger charge is 2.16. The number of ether oxygens (including phenoxy) is 1. The molecular weight excluding hydrogens is 270 g/mol. The molecular formula is C12H16BrNO2. The predicted octanol–water partition coefficient (Wildman–Crippen LogP) is 2.74. The van der Waals surface area contributed by atoms with Crippen molar-refractivity contribution in [1.29, 1.82) is 0 Å². The van der Waals surface area contributed by atoms with Crippen molar-refractivity contribution in [1.82, 2.24) is 5.32 Å². The molecule has 0 radical (unpaired) electrons. The van der Waals surface area contributed by atoms with Crippen LogP contribution in [-0.4, -0.2) is 18.1 Å². The molecule has 1 amide bonds. The quantitative estimate of drug-likeness (QED) is 0.924. The van der Waals surface area contributed by atoms with Crippen molar-refractivity contribution in [2.75, 3.05) is 0 Å². The molecule has 1 aromatic rings. The van der Waals surface area contributed by atoms with Gasteiger partial charge >= 0.3 is 0 Å². The molecule has 0 aliphatic rings. The summed E-state index contributed by atoms with van der Waals surface area (Å²) >= 11 is 3.37. The van der Waals surface area contributed by atoms with Gasteiger partial charge in [0.2, 0.25) is 0 Å². The topological polar surface area (TPSA) is 38.3 Å². The maximum atomic E-state index is 11.6. The summed E-state index contributed by atoms with van der Waals surface area (Å²) in [7, 11) is 0. The maximum absolute atomic E-state index is 11.6. The van der Waals surface area contributed by atoms with E-state index in [4.69, 9.17) is 4.74 Å². The minimum absolute atomic E-state index is 0.106. The summed E-state index contributed by atoms with van der Waals surface area (Å²) in [5.41, 5.74) is 0. The number of benzene rings is 1. The van der Waals surface area contributed by atoms with Crippen LogP contribution >= 0.6 is 15.9 Å². The van der Waals surface area contributed by atoms with Crippen LogP contribution in [0.2, 0.25) is 0 Å². The molecule has 1 N–H and O–H groups in total. The summed E-state index contributed by atoms with van der Waals surface area (Å²) in [6.45, 7) is 5.57. The number of hydrogen-bond donors (Lipinski definition) is 1. The molecule has 1 rings (SSSR count). The average molecular weight is 286 g/mol. The van der Waals surface area contributed by atoms with Crippen LogP contribution in [0.5, 0.6) is 5.75 Å². The van der Waals surface area contributed by atoms with Crippen LogP contribution in [0.1, 0.15) is 20.8 Å². The summed E-state index contributed by atoms with van der Waals surface area (Å²) in [6, 6.07) is 7.59. The van der Waals surface area contributed by atoms with Gasteiger partial charge in [-0.15, -0.1) is 0 Å². The highest BCUT2D eigenvalue weighted by atomic mass is 79.9. The molecule has 0 aliphatic heterocycles. The molecule has 1 atom stereocenters. The van der Waals surface area contributed by atoms with E-state index < -0.39 is 6.10 Å². The van der Waals surface area contributed by atoms with Gasteiger partial charge in [0.15, 0.2) is 6.10 Å². The molecule has 0 spiro atoms. The summed E-state index contributed by atoms with van der Waals surface area (Å²) in [4.78, 5) is 11.6. The van der Waals surface area contributed by atoms with Gasteiger partial charge in [-0.2, -0.15) is 0 Å². The third-order valence-electron chi connectivity index (χ3n) is 1.94. The number of amides is 1. The zero-order chi connectivity index (χ0) is 12.1. The second-order valence-electron chi connectivity index (χ2n) is 3.85. The van der Waals surface area contributed by atoms with E-state index in [1.165, 1.54) is 0 Å². The van der Waals surface area contributed by atoms with E-state index in [-0.39, 0.29) is 11.9 Å². The highest BCUT2D eigenvalue weighted by Crippen LogP contribution is 2.24. The normalized spacial score (nSPS) is 12.3. The zero-order valence-electron chi connectivity index (χ0n) is 9.66. The summed E-state index contributed by atoms with van der Waals surface area (Å²) < 4.78 is 6.40. The van der Waals surface area contributed by atoms with Crippen LogP contribution in [-0.2, 0) is 4.79 Å². The van der Waals surface area contributed by atoms with Gasteiger partial charge in [-0.05, 0) is 48.8 Å². The zero-order valence-corrected chi connectivity index (χ0v) is 11.2. The van der Waals surface area contributed by atoms with Gasteiger partial charge < -0.3 is 10.1 Å². The molecule has 16 heavy (non-hydrogen) atoms. The van der Waals surface area contributed by atoms with Crippen molar-refractivity contribution in [3.63, 3.8) is 0 Å². The number of para-hydroxylation sites is 1. The van der Waals surface area contributed by atoms with Crippen molar-refractivity contribution >= 4 is 21.8 Å². The number of rotatable bonds is 4. The lowest BCUT2D eigenvalue weighted by atomic mass is 10.3. The molecule has 0 bridgehead atoms. The van der Waals surface area contributed by atoms with Crippen molar-refractivity contribution in [2.24, 2.45) is 0 Å². The van der Waals surface area contributed by atoms with Gasteiger partial charge in [-0.25, -0.2) is 0 Å². The van der Waals surface area contributed by atoms with Gasteiger partial charge in [0.05, 0.1) is 4.47 Å². The number of carbonyl (C=O) groups is 1. The predicted molar refractivity (Wildman–Crippen MR) is 67.5 cm³/mol. The van der Waals surface area contributed by atoms with Crippen molar-refractivity contribution < 1.29 is 9.53 Å². The standard InChI is InChI=1S/C12H16BrNO2/c1-8(2)14-12(15)9(3)16-11-7-5-4-6-10(11)13/h4-9H,1-3H3,(H,14,15). The fourth-order valence-electron chi connectivity index (χ4n) is 1.19. The Hall–Kier alpha value is -1.03. The Morgan fingerprint density at radius 1 is 1.31 bits per heavy atom. The molecule has 0 fully saturated rings. The van der Waals surface area contributed by atoms with Gasteiger partial charge in [-0.1, -0.05) is 12.1 Å². The number of hydrogen-bond acceptors (Lipinski definition) is 2. The van der Waals surface area contributed by atoms with Crippen LogP contribution in [0.15, 0.2) is 28.7 Å². The lowest BCUT2D eigenvalue weighted by molar-refractivity contribution is -0.127. The molecule has 1 unspecified atom stereocenters. The van der Waals surface area contributed by atoms with E-state index in [0.717, 1.165) is 4.47 Å². The molecule has 88 valence electrons. The Bertz CT molecular complexity index is 366. The van der Waals surface area contributed by atoms with Gasteiger partial charge in [0, 0.05) is 6.04 Å². The summed E-state index contributed by atoms with van der Waals surface area (Å²) in [5, 5.41) is 2.80. The second-order valence-corrected chi connectivity index (χ2v) is 4.71. The summed E-state index contributed by atoms with van der Waals surface area (Å²) in [6.07, 6.45) is -0.499. The van der Waals surface area contributed by atoms with Gasteiger partial charge in [-0.3, -0.25) is 4.79 Å². The maximum Gasteiger partial charge on any atom is 0.260 e. The third kappa shape index (κ3) is 3.85. The van der Waals surface area contributed by atoms with E-state index in [9.17, 15) is 4.79 Å². The molecule has 0 heterocycles. The lowest BCUT2D eigenvalue weighted by Gasteiger charge is -2.17. The lowest BCUT2D eigenvalue weighted by Crippen LogP contribution is -2.40. The number of halogens is 1. The fourth-order valence-corrected chi connectivity index (χ4v) is 1.56. The minimum Gasteiger partial charge on any atom is -0.480 e. The Morgan fingerprint density at radius 2 is 1.94 bits per heavy atom. The summed E-state index contributed by atoms with van der Waals surface area (Å²) in [5.74, 6) is 0.569. The first-order valence-corrected chi connectivity index (χ1v) is 6.01. The number of carbonyl (C=O) groups excluding carboxylic acids is 1. The third-order valence-corrected chi connectivity index (χ3v) is 2.60. The highest BCUT2D eigenvalue weighted by molar-refractivity contribution is 9.10. The van der Waals surface area contributed by atoms with Crippen LogP contribution in [0, 0.1) is 0 Å². The second kappa shape index (κ2) is 5.89. The Morgan fingerprint density at radius 3 is 2.50 bits per heavy atom. The first-order valence-electron chi connectivity index (χ1n) is 5.22. The van der Waals surface area contributed by atoms with Crippen LogP contribution in [0.4, 0.5) is 0 Å². The molecule has 3 nitrogen and oxygen atoms in total. The van der Waals surface area contributed by atoms with Crippen LogP contribution in [0.3, 0.4) is 0 Å². The first kappa shape index (κ1) is 13.0. The van der Waals surface area contributed by atoms with E-state index in [1.54, 1.807) is 6.92 Å². The van der Waals surface area contributed by atoms with E-state index in [2.05, 4.69) is 21.2 Å². The molecule has 1 aromatic carbocycles. The van der Waals surface area contributed by atoms with Crippen molar-refractivity contribution in [2.45, 2.75) is 32.9 Å². The van der Waals surface area contributed by atoms with Crippen LogP contribution in [0.25, 0.3) is 0 Å². The molecule has 4 heteroatoms. The monoisotopic (exact) mass is 285 g/mol. The smallest absolute Gasteiger partial charge is 0.260 e. The Kier molecular flexibility index (Phi) is 4.80. The average Bonchev–Trinajstić information content (AvgIpc) is 2.20. The molecule has 0 aromatic heterocycles.